The zero-order valence-electron chi connectivity index (χ0n) is 16.8. The first-order chi connectivity index (χ1) is 15.0. The van der Waals surface area contributed by atoms with Gasteiger partial charge in [-0.2, -0.15) is 0 Å². The Balaban J connectivity index is 1.73. The molecule has 0 unspecified atom stereocenters. The Kier molecular flexibility index (Phi) is 4.75. The average Bonchev–Trinajstić information content (AvgIpc) is 2.98. The van der Waals surface area contributed by atoms with Crippen LogP contribution in [0.25, 0.3) is 10.9 Å². The second kappa shape index (κ2) is 7.60. The van der Waals surface area contributed by atoms with Crippen LogP contribution in [0.3, 0.4) is 0 Å². The van der Waals surface area contributed by atoms with Crippen LogP contribution in [-0.4, -0.2) is 15.4 Å². The van der Waals surface area contributed by atoms with Crippen LogP contribution >= 0.6 is 11.6 Å². The third-order valence-corrected chi connectivity index (χ3v) is 5.98. The maximum Gasteiger partial charge on any atom is 0.263 e. The number of aryl methyl sites for hydroxylation is 1. The van der Waals surface area contributed by atoms with E-state index >= 15 is 0 Å². The SMILES string of the molecule is Cn1c(=O)c(C2=Nc3ccccc3N[C@@H](c3ccc(Cl)cc3)C2)c(O)c2ccccc21. The summed E-state index contributed by atoms with van der Waals surface area (Å²) in [5.74, 6) is -0.0355. The van der Waals surface area contributed by atoms with Crippen molar-refractivity contribution >= 4 is 39.6 Å². The Hall–Kier alpha value is -3.57. The van der Waals surface area contributed by atoms with E-state index in [-0.39, 0.29) is 22.9 Å². The number of halogens is 1. The third kappa shape index (κ3) is 3.37. The van der Waals surface area contributed by atoms with Gasteiger partial charge < -0.3 is 15.0 Å². The molecule has 0 spiro atoms. The van der Waals surface area contributed by atoms with E-state index in [1.165, 1.54) is 0 Å². The van der Waals surface area contributed by atoms with Crippen molar-refractivity contribution < 1.29 is 5.11 Å². The third-order valence-electron chi connectivity index (χ3n) is 5.72. The monoisotopic (exact) mass is 429 g/mol. The lowest BCUT2D eigenvalue weighted by molar-refractivity contribution is 0.478. The van der Waals surface area contributed by atoms with E-state index in [9.17, 15) is 9.90 Å². The standard InChI is InChI=1S/C25H20ClN3O2/c1-29-22-9-5-2-6-17(22)24(30)23(25(29)31)21-14-20(15-10-12-16(26)13-11-15)27-18-7-3-4-8-19(18)28-21/h2-13,20,27,30H,14H2,1H3/t20-/m1/s1. The van der Waals surface area contributed by atoms with Gasteiger partial charge in [0.1, 0.15) is 11.3 Å². The van der Waals surface area contributed by atoms with Gasteiger partial charge in [0.05, 0.1) is 28.6 Å². The maximum atomic E-state index is 13.3. The van der Waals surface area contributed by atoms with Gasteiger partial charge in [-0.05, 0) is 42.0 Å². The number of benzene rings is 3. The first-order valence-corrected chi connectivity index (χ1v) is 10.4. The van der Waals surface area contributed by atoms with Crippen LogP contribution in [0.15, 0.2) is 82.6 Å². The molecule has 1 aliphatic heterocycles. The summed E-state index contributed by atoms with van der Waals surface area (Å²) < 4.78 is 1.56. The molecule has 4 aromatic rings. The number of rotatable bonds is 2. The number of para-hydroxylation sites is 3. The highest BCUT2D eigenvalue weighted by Gasteiger charge is 2.26. The van der Waals surface area contributed by atoms with E-state index in [1.807, 2.05) is 72.8 Å². The number of aromatic hydroxyl groups is 1. The number of anilines is 1. The minimum Gasteiger partial charge on any atom is -0.506 e. The van der Waals surface area contributed by atoms with Gasteiger partial charge in [0.15, 0.2) is 0 Å². The van der Waals surface area contributed by atoms with Crippen LogP contribution in [0.4, 0.5) is 11.4 Å². The van der Waals surface area contributed by atoms with E-state index in [0.717, 1.165) is 16.9 Å². The summed E-state index contributed by atoms with van der Waals surface area (Å²) in [5, 5.41) is 15.9. The fourth-order valence-electron chi connectivity index (χ4n) is 4.11. The number of pyridine rings is 1. The maximum absolute atomic E-state index is 13.3. The van der Waals surface area contributed by atoms with Crippen molar-refractivity contribution in [1.29, 1.82) is 0 Å². The summed E-state index contributed by atoms with van der Waals surface area (Å²) in [7, 11) is 1.72. The lowest BCUT2D eigenvalue weighted by atomic mass is 9.96. The molecule has 1 aliphatic rings. The summed E-state index contributed by atoms with van der Waals surface area (Å²) in [6, 6.07) is 22.5. The molecule has 1 aromatic heterocycles. The minimum absolute atomic E-state index is 0.0355. The second-order valence-electron chi connectivity index (χ2n) is 7.63. The van der Waals surface area contributed by atoms with E-state index in [2.05, 4.69) is 5.32 Å². The Bertz CT molecular complexity index is 1390. The molecule has 0 amide bonds. The summed E-state index contributed by atoms with van der Waals surface area (Å²) >= 11 is 6.08. The van der Waals surface area contributed by atoms with Gasteiger partial charge in [0.25, 0.3) is 5.56 Å². The molecule has 1 atom stereocenters. The van der Waals surface area contributed by atoms with E-state index < -0.39 is 0 Å². The van der Waals surface area contributed by atoms with Crippen LogP contribution in [-0.2, 0) is 7.05 Å². The predicted molar refractivity (Wildman–Crippen MR) is 126 cm³/mol. The van der Waals surface area contributed by atoms with Crippen LogP contribution in [0.1, 0.15) is 23.6 Å². The van der Waals surface area contributed by atoms with Gasteiger partial charge in [0, 0.05) is 23.9 Å². The van der Waals surface area contributed by atoms with Crippen molar-refractivity contribution in [2.75, 3.05) is 5.32 Å². The minimum atomic E-state index is -0.274. The number of aromatic nitrogens is 1. The number of nitrogens with one attached hydrogen (secondary N) is 1. The van der Waals surface area contributed by atoms with Crippen molar-refractivity contribution in [3.05, 3.63) is 99.3 Å². The number of fused-ring (bicyclic) bond motifs is 2. The van der Waals surface area contributed by atoms with Crippen molar-refractivity contribution in [3.63, 3.8) is 0 Å². The highest BCUT2D eigenvalue weighted by Crippen LogP contribution is 2.37. The van der Waals surface area contributed by atoms with E-state index in [0.29, 0.717) is 28.1 Å². The molecule has 6 heteroatoms. The number of nitrogens with zero attached hydrogens (tertiary/aromatic N) is 2. The van der Waals surface area contributed by atoms with Crippen molar-refractivity contribution in [1.82, 2.24) is 4.57 Å². The van der Waals surface area contributed by atoms with Crippen LogP contribution in [0, 0.1) is 0 Å². The normalized spacial score (nSPS) is 15.7. The number of aliphatic imine (C=N–C) groups is 1. The van der Waals surface area contributed by atoms with Gasteiger partial charge in [-0.1, -0.05) is 48.0 Å². The molecule has 2 heterocycles. The predicted octanol–water partition coefficient (Wildman–Crippen LogP) is 5.58. The Morgan fingerprint density at radius 1 is 1.03 bits per heavy atom. The van der Waals surface area contributed by atoms with Gasteiger partial charge in [0.2, 0.25) is 0 Å². The molecule has 31 heavy (non-hydrogen) atoms. The fourth-order valence-corrected chi connectivity index (χ4v) is 4.24. The molecule has 154 valence electrons. The Labute approximate surface area is 184 Å². The highest BCUT2D eigenvalue weighted by molar-refractivity contribution is 6.30. The molecule has 0 radical (unpaired) electrons. The number of hydrogen-bond donors (Lipinski definition) is 2. The summed E-state index contributed by atoms with van der Waals surface area (Å²) in [6.45, 7) is 0. The number of hydrogen-bond acceptors (Lipinski definition) is 4. The van der Waals surface area contributed by atoms with Gasteiger partial charge >= 0.3 is 0 Å². The van der Waals surface area contributed by atoms with Gasteiger partial charge in [-0.3, -0.25) is 9.79 Å². The van der Waals surface area contributed by atoms with Crippen LogP contribution in [0.5, 0.6) is 5.75 Å². The molecular weight excluding hydrogens is 410 g/mol. The molecule has 5 nitrogen and oxygen atoms in total. The molecule has 0 fully saturated rings. The van der Waals surface area contributed by atoms with Gasteiger partial charge in [-0.25, -0.2) is 0 Å². The first-order valence-electron chi connectivity index (χ1n) is 10.0. The van der Waals surface area contributed by atoms with Crippen LogP contribution < -0.4 is 10.9 Å². The molecule has 0 saturated carbocycles. The summed E-state index contributed by atoms with van der Waals surface area (Å²) in [5.41, 5.74) is 3.80. The smallest absolute Gasteiger partial charge is 0.263 e. The Morgan fingerprint density at radius 3 is 2.55 bits per heavy atom. The van der Waals surface area contributed by atoms with Crippen LogP contribution in [0.2, 0.25) is 5.02 Å². The van der Waals surface area contributed by atoms with E-state index in [1.54, 1.807) is 11.6 Å². The zero-order valence-corrected chi connectivity index (χ0v) is 17.6. The fraction of sp³-hybridized carbons (Fsp3) is 0.120. The van der Waals surface area contributed by atoms with E-state index in [4.69, 9.17) is 16.6 Å². The summed E-state index contributed by atoms with van der Waals surface area (Å²) in [6.07, 6.45) is 0.428. The van der Waals surface area contributed by atoms with Gasteiger partial charge in [-0.15, -0.1) is 0 Å². The first kappa shape index (κ1) is 19.4. The lowest BCUT2D eigenvalue weighted by Gasteiger charge is -2.20. The van der Waals surface area contributed by atoms with Crippen molar-refractivity contribution in [2.24, 2.45) is 12.0 Å². The molecule has 0 aliphatic carbocycles. The molecule has 5 rings (SSSR count). The average molecular weight is 430 g/mol. The molecule has 0 bridgehead atoms. The van der Waals surface area contributed by atoms with Crippen molar-refractivity contribution in [2.45, 2.75) is 12.5 Å². The highest BCUT2D eigenvalue weighted by atomic mass is 35.5. The largest absolute Gasteiger partial charge is 0.506 e. The quantitative estimate of drug-likeness (QED) is 0.437. The zero-order chi connectivity index (χ0) is 21.5. The molecule has 3 aromatic carbocycles. The lowest BCUT2D eigenvalue weighted by Crippen LogP contribution is -2.26. The van der Waals surface area contributed by atoms with Crippen molar-refractivity contribution in [3.8, 4) is 5.75 Å². The molecular formula is C25H20ClN3O2. The second-order valence-corrected chi connectivity index (χ2v) is 8.07. The molecule has 0 saturated heterocycles. The summed E-state index contributed by atoms with van der Waals surface area (Å²) in [4.78, 5) is 18.1. The Morgan fingerprint density at radius 2 is 1.74 bits per heavy atom. The topological polar surface area (TPSA) is 66.6 Å². The molecule has 2 N–H and O–H groups in total.